The van der Waals surface area contributed by atoms with Crippen molar-refractivity contribution in [3.63, 3.8) is 0 Å². The molecule has 0 bridgehead atoms. The molecule has 8 heteroatoms. The number of piperazine rings is 1. The first-order valence-electron chi connectivity index (χ1n) is 6.66. The van der Waals surface area contributed by atoms with Gasteiger partial charge in [-0.3, -0.25) is 9.59 Å². The fourth-order valence-electron chi connectivity index (χ4n) is 2.18. The van der Waals surface area contributed by atoms with E-state index in [1.807, 2.05) is 0 Å². The van der Waals surface area contributed by atoms with E-state index in [0.717, 1.165) is 0 Å². The molecule has 0 aliphatic carbocycles. The van der Waals surface area contributed by atoms with Gasteiger partial charge in [0.2, 0.25) is 0 Å². The number of carbonyl (C=O) groups is 2. The number of hydrogen-bond donors (Lipinski definition) is 0. The second-order valence-corrected chi connectivity index (χ2v) is 4.90. The lowest BCUT2D eigenvalue weighted by Gasteiger charge is -2.36. The maximum atomic E-state index is 12.2. The Balaban J connectivity index is 1.93. The summed E-state index contributed by atoms with van der Waals surface area (Å²) in [4.78, 5) is 26.2. The highest BCUT2D eigenvalue weighted by Gasteiger charge is 2.37. The molecule has 0 atom stereocenters. The van der Waals surface area contributed by atoms with Crippen molar-refractivity contribution in [1.82, 2.24) is 9.80 Å². The third kappa shape index (κ3) is 3.69. The van der Waals surface area contributed by atoms with Crippen LogP contribution in [-0.2, 0) is 4.79 Å². The van der Waals surface area contributed by atoms with Gasteiger partial charge in [0, 0.05) is 38.0 Å². The fraction of sp³-hybridized carbons (Fsp3) is 0.429. The van der Waals surface area contributed by atoms with Gasteiger partial charge in [0.25, 0.3) is 11.7 Å². The minimum absolute atomic E-state index is 0.230. The summed E-state index contributed by atoms with van der Waals surface area (Å²) in [6.07, 6.45) is -2.87. The van der Waals surface area contributed by atoms with Gasteiger partial charge in [0.1, 0.15) is 0 Å². The van der Waals surface area contributed by atoms with Crippen molar-refractivity contribution in [3.05, 3.63) is 35.9 Å². The number of nitrogens with zero attached hydrogens (tertiary/aromatic N) is 2. The van der Waals surface area contributed by atoms with E-state index in [9.17, 15) is 22.8 Å². The van der Waals surface area contributed by atoms with Crippen molar-refractivity contribution in [3.8, 4) is 0 Å². The van der Waals surface area contributed by atoms with Crippen LogP contribution in [0.3, 0.4) is 0 Å². The average Bonchev–Trinajstić information content (AvgIpc) is 2.99. The van der Waals surface area contributed by atoms with Gasteiger partial charge in [0.15, 0.2) is 5.76 Å². The van der Waals surface area contributed by atoms with Gasteiger partial charge in [-0.2, -0.15) is 13.2 Å². The molecule has 0 aromatic carbocycles. The standard InChI is InChI=1S/C14H15F3N2O3/c1-10(9-12(20)14(15,16)17)18-4-6-19(7-5-18)13(21)11-3-2-8-22-11/h2-3,8-9H,4-7H2,1H3/b10-9+. The van der Waals surface area contributed by atoms with Gasteiger partial charge in [-0.25, -0.2) is 0 Å². The monoisotopic (exact) mass is 316 g/mol. The molecule has 0 spiro atoms. The van der Waals surface area contributed by atoms with Gasteiger partial charge >= 0.3 is 6.18 Å². The quantitative estimate of drug-likeness (QED) is 0.801. The lowest BCUT2D eigenvalue weighted by Crippen LogP contribution is -2.48. The first kappa shape index (κ1) is 16.1. The molecule has 1 aromatic rings. The molecule has 120 valence electrons. The van der Waals surface area contributed by atoms with Gasteiger partial charge in [-0.1, -0.05) is 0 Å². The molecule has 22 heavy (non-hydrogen) atoms. The van der Waals surface area contributed by atoms with E-state index in [-0.39, 0.29) is 17.4 Å². The third-order valence-electron chi connectivity index (χ3n) is 3.42. The van der Waals surface area contributed by atoms with Crippen molar-refractivity contribution in [2.24, 2.45) is 0 Å². The molecule has 1 aliphatic heterocycles. The Hall–Kier alpha value is -2.25. The number of allylic oxidation sites excluding steroid dienone is 2. The fourth-order valence-corrected chi connectivity index (χ4v) is 2.18. The van der Waals surface area contributed by atoms with Gasteiger partial charge in [-0.05, 0) is 19.1 Å². The van der Waals surface area contributed by atoms with Gasteiger partial charge in [-0.15, -0.1) is 0 Å². The SMILES string of the molecule is C/C(=C\C(=O)C(F)(F)F)N1CCN(C(=O)c2ccco2)CC1. The van der Waals surface area contributed by atoms with Crippen molar-refractivity contribution >= 4 is 11.7 Å². The molecule has 0 N–H and O–H groups in total. The van der Waals surface area contributed by atoms with Crippen LogP contribution in [0.5, 0.6) is 0 Å². The lowest BCUT2D eigenvalue weighted by atomic mass is 10.2. The van der Waals surface area contributed by atoms with E-state index in [0.29, 0.717) is 32.3 Å². The Bertz CT molecular complexity index is 571. The van der Waals surface area contributed by atoms with Crippen molar-refractivity contribution in [2.75, 3.05) is 26.2 Å². The predicted molar refractivity (Wildman–Crippen MR) is 71.0 cm³/mol. The predicted octanol–water partition coefficient (Wildman–Crippen LogP) is 2.07. The Labute approximate surface area is 125 Å². The van der Waals surface area contributed by atoms with Crippen LogP contribution >= 0.6 is 0 Å². The minimum Gasteiger partial charge on any atom is -0.459 e. The minimum atomic E-state index is -4.86. The van der Waals surface area contributed by atoms with E-state index >= 15 is 0 Å². The molecular formula is C14H15F3N2O3. The number of ketones is 1. The van der Waals surface area contributed by atoms with Crippen LogP contribution in [0.1, 0.15) is 17.5 Å². The first-order chi connectivity index (χ1) is 10.3. The summed E-state index contributed by atoms with van der Waals surface area (Å²) >= 11 is 0. The lowest BCUT2D eigenvalue weighted by molar-refractivity contribution is -0.165. The zero-order chi connectivity index (χ0) is 16.3. The zero-order valence-corrected chi connectivity index (χ0v) is 11.9. The summed E-state index contributed by atoms with van der Waals surface area (Å²) in [5.41, 5.74) is 0.243. The highest BCUT2D eigenvalue weighted by atomic mass is 19.4. The smallest absolute Gasteiger partial charge is 0.454 e. The van der Waals surface area contributed by atoms with Crippen LogP contribution in [0.25, 0.3) is 0 Å². The zero-order valence-electron chi connectivity index (χ0n) is 11.9. The molecule has 5 nitrogen and oxygen atoms in total. The number of furan rings is 1. The van der Waals surface area contributed by atoms with Crippen molar-refractivity contribution < 1.29 is 27.2 Å². The molecule has 1 amide bonds. The summed E-state index contributed by atoms with van der Waals surface area (Å²) in [7, 11) is 0. The maximum absolute atomic E-state index is 12.2. The second kappa shape index (κ2) is 6.25. The summed E-state index contributed by atoms with van der Waals surface area (Å²) in [6, 6.07) is 3.17. The summed E-state index contributed by atoms with van der Waals surface area (Å²) < 4.78 is 41.7. The number of rotatable bonds is 3. The van der Waals surface area contributed by atoms with Crippen LogP contribution in [0, 0.1) is 0 Å². The number of alkyl halides is 3. The Morgan fingerprint density at radius 2 is 1.77 bits per heavy atom. The average molecular weight is 316 g/mol. The number of amides is 1. The number of carbonyl (C=O) groups excluding carboxylic acids is 2. The topological polar surface area (TPSA) is 53.8 Å². The van der Waals surface area contributed by atoms with E-state index < -0.39 is 12.0 Å². The molecular weight excluding hydrogens is 301 g/mol. The second-order valence-electron chi connectivity index (χ2n) is 4.90. The largest absolute Gasteiger partial charge is 0.459 e. The van der Waals surface area contributed by atoms with E-state index in [1.165, 1.54) is 13.2 Å². The van der Waals surface area contributed by atoms with E-state index in [1.54, 1.807) is 21.9 Å². The highest BCUT2D eigenvalue weighted by Crippen LogP contribution is 2.19. The Morgan fingerprint density at radius 1 is 1.18 bits per heavy atom. The molecule has 1 aromatic heterocycles. The Morgan fingerprint density at radius 3 is 2.27 bits per heavy atom. The van der Waals surface area contributed by atoms with E-state index in [2.05, 4.69) is 0 Å². The van der Waals surface area contributed by atoms with Crippen LogP contribution in [0.15, 0.2) is 34.6 Å². The summed E-state index contributed by atoms with van der Waals surface area (Å²) in [5.74, 6) is -1.90. The molecule has 1 saturated heterocycles. The molecule has 0 radical (unpaired) electrons. The number of halogens is 3. The van der Waals surface area contributed by atoms with Crippen molar-refractivity contribution in [2.45, 2.75) is 13.1 Å². The Kier molecular flexibility index (Phi) is 4.58. The summed E-state index contributed by atoms with van der Waals surface area (Å²) in [5, 5.41) is 0. The molecule has 2 heterocycles. The highest BCUT2D eigenvalue weighted by molar-refractivity contribution is 5.94. The molecule has 2 rings (SSSR count). The summed E-state index contributed by atoms with van der Waals surface area (Å²) in [6.45, 7) is 2.88. The molecule has 0 unspecified atom stereocenters. The third-order valence-corrected chi connectivity index (χ3v) is 3.42. The first-order valence-corrected chi connectivity index (χ1v) is 6.66. The van der Waals surface area contributed by atoms with Crippen LogP contribution in [0.4, 0.5) is 13.2 Å². The normalized spacial score (nSPS) is 16.8. The van der Waals surface area contributed by atoms with E-state index in [4.69, 9.17) is 4.42 Å². The molecule has 1 fully saturated rings. The van der Waals surface area contributed by atoms with Gasteiger partial charge in [0.05, 0.1) is 6.26 Å². The number of hydrogen-bond acceptors (Lipinski definition) is 4. The maximum Gasteiger partial charge on any atom is 0.454 e. The van der Waals surface area contributed by atoms with Crippen molar-refractivity contribution in [1.29, 1.82) is 0 Å². The van der Waals surface area contributed by atoms with Crippen LogP contribution in [-0.4, -0.2) is 53.8 Å². The molecule has 1 aliphatic rings. The molecule has 0 saturated carbocycles. The van der Waals surface area contributed by atoms with Crippen LogP contribution < -0.4 is 0 Å². The van der Waals surface area contributed by atoms with Crippen LogP contribution in [0.2, 0.25) is 0 Å². The van der Waals surface area contributed by atoms with Gasteiger partial charge < -0.3 is 14.2 Å².